The van der Waals surface area contributed by atoms with E-state index in [9.17, 15) is 4.79 Å². The van der Waals surface area contributed by atoms with Crippen LogP contribution in [0.5, 0.6) is 0 Å². The maximum absolute atomic E-state index is 12.0. The normalized spacial score (nSPS) is 12.2. The van der Waals surface area contributed by atoms with Crippen LogP contribution in [0, 0.1) is 19.8 Å². The van der Waals surface area contributed by atoms with Crippen LogP contribution in [0.2, 0.25) is 0 Å². The van der Waals surface area contributed by atoms with Crippen molar-refractivity contribution in [3.05, 3.63) is 53.3 Å². The third kappa shape index (κ3) is 3.70. The molecule has 0 spiro atoms. The molecule has 0 saturated heterocycles. The van der Waals surface area contributed by atoms with E-state index >= 15 is 0 Å². The lowest BCUT2D eigenvalue weighted by Gasteiger charge is -2.12. The molecule has 2 aromatic rings. The molecule has 0 bridgehead atoms. The molecule has 0 radical (unpaired) electrons. The highest BCUT2D eigenvalue weighted by atomic mass is 16.5. The first-order chi connectivity index (χ1) is 9.56. The Balaban J connectivity index is 1.87. The van der Waals surface area contributed by atoms with Gasteiger partial charge in [-0.15, -0.1) is 0 Å². The Morgan fingerprint density at radius 3 is 2.60 bits per heavy atom. The summed E-state index contributed by atoms with van der Waals surface area (Å²) in [5, 5.41) is 4.36. The summed E-state index contributed by atoms with van der Waals surface area (Å²) in [4.78, 5) is 12.0. The molecule has 0 fully saturated rings. The fourth-order valence-corrected chi connectivity index (χ4v) is 2.06. The highest BCUT2D eigenvalue weighted by Gasteiger charge is 2.16. The van der Waals surface area contributed by atoms with E-state index in [1.165, 1.54) is 0 Å². The van der Waals surface area contributed by atoms with Crippen molar-refractivity contribution in [2.24, 2.45) is 5.92 Å². The van der Waals surface area contributed by atoms with E-state index in [0.29, 0.717) is 13.2 Å². The second-order valence-corrected chi connectivity index (χ2v) is 5.10. The van der Waals surface area contributed by atoms with Gasteiger partial charge in [0.25, 0.3) is 0 Å². The minimum atomic E-state index is -0.211. The summed E-state index contributed by atoms with van der Waals surface area (Å²) >= 11 is 0. The average molecular weight is 272 g/mol. The molecule has 0 N–H and O–H groups in total. The van der Waals surface area contributed by atoms with Gasteiger partial charge in [-0.2, -0.15) is 5.10 Å². The molecule has 1 heterocycles. The van der Waals surface area contributed by atoms with Gasteiger partial charge in [0.2, 0.25) is 0 Å². The second-order valence-electron chi connectivity index (χ2n) is 5.10. The zero-order chi connectivity index (χ0) is 14.5. The van der Waals surface area contributed by atoms with Crippen LogP contribution in [-0.2, 0) is 22.7 Å². The van der Waals surface area contributed by atoms with E-state index in [0.717, 1.165) is 17.0 Å². The van der Waals surface area contributed by atoms with Gasteiger partial charge in [0, 0.05) is 5.69 Å². The fraction of sp³-hybridized carbons (Fsp3) is 0.375. The molecule has 1 aromatic heterocycles. The fourth-order valence-electron chi connectivity index (χ4n) is 2.06. The molecule has 0 saturated carbocycles. The predicted octanol–water partition coefficient (Wildman–Crippen LogP) is 2.88. The van der Waals surface area contributed by atoms with Crippen molar-refractivity contribution in [1.29, 1.82) is 0 Å². The Labute approximate surface area is 119 Å². The predicted molar refractivity (Wildman–Crippen MR) is 77.1 cm³/mol. The minimum Gasteiger partial charge on any atom is -0.461 e. The van der Waals surface area contributed by atoms with Crippen LogP contribution < -0.4 is 0 Å². The number of carbonyl (C=O) groups is 1. The third-order valence-corrected chi connectivity index (χ3v) is 3.18. The Kier molecular flexibility index (Phi) is 4.56. The lowest BCUT2D eigenvalue weighted by atomic mass is 10.2. The molecule has 20 heavy (non-hydrogen) atoms. The van der Waals surface area contributed by atoms with Crippen molar-refractivity contribution in [3.8, 4) is 0 Å². The molecule has 1 aromatic carbocycles. The van der Waals surface area contributed by atoms with Crippen molar-refractivity contribution in [2.75, 3.05) is 0 Å². The van der Waals surface area contributed by atoms with Gasteiger partial charge in [-0.3, -0.25) is 9.48 Å². The number of aryl methyl sites for hydroxylation is 2. The second kappa shape index (κ2) is 6.37. The van der Waals surface area contributed by atoms with Crippen molar-refractivity contribution < 1.29 is 9.53 Å². The van der Waals surface area contributed by atoms with Crippen LogP contribution in [0.15, 0.2) is 36.4 Å². The molecule has 4 nitrogen and oxygen atoms in total. The number of rotatable bonds is 5. The van der Waals surface area contributed by atoms with Crippen molar-refractivity contribution in [2.45, 2.75) is 33.9 Å². The Morgan fingerprint density at radius 2 is 2.00 bits per heavy atom. The van der Waals surface area contributed by atoms with Gasteiger partial charge in [0.15, 0.2) is 0 Å². The van der Waals surface area contributed by atoms with E-state index in [1.807, 2.05) is 61.9 Å². The highest BCUT2D eigenvalue weighted by Crippen LogP contribution is 2.09. The maximum Gasteiger partial charge on any atom is 0.310 e. The standard InChI is InChI=1S/C16H20N2O2/c1-12(10-18-14(3)9-13(2)17-18)16(19)20-11-15-7-5-4-6-8-15/h4-9,12H,10-11H2,1-3H3. The summed E-state index contributed by atoms with van der Waals surface area (Å²) in [7, 11) is 0. The zero-order valence-corrected chi connectivity index (χ0v) is 12.2. The first kappa shape index (κ1) is 14.3. The molecular weight excluding hydrogens is 252 g/mol. The quantitative estimate of drug-likeness (QED) is 0.786. The van der Waals surface area contributed by atoms with Crippen molar-refractivity contribution in [3.63, 3.8) is 0 Å². The van der Waals surface area contributed by atoms with Crippen LogP contribution in [0.4, 0.5) is 0 Å². The monoisotopic (exact) mass is 272 g/mol. The summed E-state index contributed by atoms with van der Waals surface area (Å²) in [6.07, 6.45) is 0. The molecule has 106 valence electrons. The van der Waals surface area contributed by atoms with E-state index in [1.54, 1.807) is 0 Å². The van der Waals surface area contributed by atoms with Gasteiger partial charge < -0.3 is 4.74 Å². The van der Waals surface area contributed by atoms with Crippen LogP contribution in [0.1, 0.15) is 23.9 Å². The molecule has 0 aliphatic rings. The lowest BCUT2D eigenvalue weighted by Crippen LogP contribution is -2.21. The molecule has 4 heteroatoms. The van der Waals surface area contributed by atoms with Crippen LogP contribution >= 0.6 is 0 Å². The van der Waals surface area contributed by atoms with Crippen LogP contribution in [-0.4, -0.2) is 15.7 Å². The topological polar surface area (TPSA) is 44.1 Å². The Bertz CT molecular complexity index is 575. The summed E-state index contributed by atoms with van der Waals surface area (Å²) < 4.78 is 7.18. The number of esters is 1. The number of hydrogen-bond acceptors (Lipinski definition) is 3. The number of aromatic nitrogens is 2. The Hall–Kier alpha value is -2.10. The first-order valence-corrected chi connectivity index (χ1v) is 6.78. The molecule has 0 aliphatic heterocycles. The van der Waals surface area contributed by atoms with Gasteiger partial charge in [-0.25, -0.2) is 0 Å². The molecular formula is C16H20N2O2. The number of carbonyl (C=O) groups excluding carboxylic acids is 1. The van der Waals surface area contributed by atoms with Crippen molar-refractivity contribution >= 4 is 5.97 Å². The van der Waals surface area contributed by atoms with Gasteiger partial charge in [0.1, 0.15) is 6.61 Å². The highest BCUT2D eigenvalue weighted by molar-refractivity contribution is 5.71. The van der Waals surface area contributed by atoms with E-state index in [4.69, 9.17) is 4.74 Å². The van der Waals surface area contributed by atoms with Gasteiger partial charge in [-0.05, 0) is 25.5 Å². The minimum absolute atomic E-state index is 0.193. The Morgan fingerprint density at radius 1 is 1.30 bits per heavy atom. The van der Waals surface area contributed by atoms with Crippen molar-refractivity contribution in [1.82, 2.24) is 9.78 Å². The number of benzene rings is 1. The zero-order valence-electron chi connectivity index (χ0n) is 12.2. The van der Waals surface area contributed by atoms with Crippen LogP contribution in [0.25, 0.3) is 0 Å². The van der Waals surface area contributed by atoms with E-state index < -0.39 is 0 Å². The SMILES string of the molecule is Cc1cc(C)n(CC(C)C(=O)OCc2ccccc2)n1. The molecule has 1 unspecified atom stereocenters. The number of ether oxygens (including phenoxy) is 1. The smallest absolute Gasteiger partial charge is 0.310 e. The van der Waals surface area contributed by atoms with Crippen LogP contribution in [0.3, 0.4) is 0 Å². The largest absolute Gasteiger partial charge is 0.461 e. The summed E-state index contributed by atoms with van der Waals surface area (Å²) in [5.41, 5.74) is 3.02. The molecule has 0 aliphatic carbocycles. The number of hydrogen-bond donors (Lipinski definition) is 0. The van der Waals surface area contributed by atoms with E-state index in [2.05, 4.69) is 5.10 Å². The van der Waals surface area contributed by atoms with E-state index in [-0.39, 0.29) is 11.9 Å². The lowest BCUT2D eigenvalue weighted by molar-refractivity contribution is -0.149. The average Bonchev–Trinajstić information content (AvgIpc) is 2.75. The molecule has 0 amide bonds. The first-order valence-electron chi connectivity index (χ1n) is 6.78. The summed E-state index contributed by atoms with van der Waals surface area (Å²) in [6.45, 7) is 6.67. The van der Waals surface area contributed by atoms with Gasteiger partial charge in [0.05, 0.1) is 18.2 Å². The summed E-state index contributed by atoms with van der Waals surface area (Å²) in [5.74, 6) is -0.405. The summed E-state index contributed by atoms with van der Waals surface area (Å²) in [6, 6.07) is 11.7. The third-order valence-electron chi connectivity index (χ3n) is 3.18. The molecule has 2 rings (SSSR count). The van der Waals surface area contributed by atoms with Gasteiger partial charge in [-0.1, -0.05) is 37.3 Å². The maximum atomic E-state index is 12.0. The number of nitrogens with zero attached hydrogens (tertiary/aromatic N) is 2. The van der Waals surface area contributed by atoms with Gasteiger partial charge >= 0.3 is 5.97 Å². The molecule has 1 atom stereocenters.